The Kier molecular flexibility index (Phi) is 5.04. The van der Waals surface area contributed by atoms with Gasteiger partial charge in [-0.15, -0.1) is 0 Å². The standard InChI is InChI=1S/C17H20ClFN4O/c1-2-20-17(24)23(12-6-7-12)11-16-21-8-9-22(16)10-13-14(18)4-3-5-15(13)19/h3-5,8-9,12H,2,6-7,10-11H2,1H3,(H,20,24). The van der Waals surface area contributed by atoms with Crippen molar-refractivity contribution in [1.29, 1.82) is 0 Å². The average Bonchev–Trinajstić information content (AvgIpc) is 3.29. The van der Waals surface area contributed by atoms with E-state index in [1.165, 1.54) is 6.07 Å². The number of aromatic nitrogens is 2. The highest BCUT2D eigenvalue weighted by atomic mass is 35.5. The Bertz CT molecular complexity index is 709. The minimum Gasteiger partial charge on any atom is -0.338 e. The van der Waals surface area contributed by atoms with Crippen LogP contribution in [0.5, 0.6) is 0 Å². The van der Waals surface area contributed by atoms with E-state index in [9.17, 15) is 9.18 Å². The number of nitrogens with zero attached hydrogens (tertiary/aromatic N) is 3. The summed E-state index contributed by atoms with van der Waals surface area (Å²) in [5.41, 5.74) is 0.425. The van der Waals surface area contributed by atoms with Crippen LogP contribution in [-0.2, 0) is 13.1 Å². The Morgan fingerprint density at radius 1 is 1.50 bits per heavy atom. The van der Waals surface area contributed by atoms with Crippen LogP contribution in [0.2, 0.25) is 5.02 Å². The number of benzene rings is 1. The van der Waals surface area contributed by atoms with Gasteiger partial charge >= 0.3 is 6.03 Å². The lowest BCUT2D eigenvalue weighted by molar-refractivity contribution is 0.190. The van der Waals surface area contributed by atoms with Gasteiger partial charge in [0.1, 0.15) is 11.6 Å². The molecule has 0 unspecified atom stereocenters. The molecule has 1 heterocycles. The van der Waals surface area contributed by atoms with E-state index in [-0.39, 0.29) is 24.4 Å². The molecule has 1 aromatic carbocycles. The van der Waals surface area contributed by atoms with Crippen LogP contribution in [0.3, 0.4) is 0 Å². The highest BCUT2D eigenvalue weighted by Crippen LogP contribution is 2.28. The third kappa shape index (κ3) is 3.70. The fourth-order valence-corrected chi connectivity index (χ4v) is 2.87. The first kappa shape index (κ1) is 16.8. The fraction of sp³-hybridized carbons (Fsp3) is 0.412. The van der Waals surface area contributed by atoms with Crippen LogP contribution < -0.4 is 5.32 Å². The summed E-state index contributed by atoms with van der Waals surface area (Å²) in [5, 5.41) is 3.22. The molecule has 1 fully saturated rings. The summed E-state index contributed by atoms with van der Waals surface area (Å²) in [5.74, 6) is 0.373. The monoisotopic (exact) mass is 350 g/mol. The minimum atomic E-state index is -0.343. The van der Waals surface area contributed by atoms with Crippen molar-refractivity contribution in [2.75, 3.05) is 6.54 Å². The molecule has 0 spiro atoms. The highest BCUT2D eigenvalue weighted by molar-refractivity contribution is 6.31. The number of urea groups is 1. The van der Waals surface area contributed by atoms with Crippen LogP contribution in [-0.4, -0.2) is 33.1 Å². The SMILES string of the molecule is CCNC(=O)N(Cc1nccn1Cc1c(F)cccc1Cl)C1CC1. The molecule has 1 aliphatic rings. The molecule has 3 rings (SSSR count). The summed E-state index contributed by atoms with van der Waals surface area (Å²) >= 11 is 6.11. The maximum Gasteiger partial charge on any atom is 0.318 e. The zero-order valence-electron chi connectivity index (χ0n) is 13.5. The molecule has 1 aliphatic carbocycles. The number of carbonyl (C=O) groups is 1. The summed E-state index contributed by atoms with van der Waals surface area (Å²) in [4.78, 5) is 18.4. The summed E-state index contributed by atoms with van der Waals surface area (Å²) in [6, 6.07) is 4.82. The number of amides is 2. The second-order valence-electron chi connectivity index (χ2n) is 5.87. The maximum absolute atomic E-state index is 14.0. The van der Waals surface area contributed by atoms with Gasteiger partial charge in [-0.2, -0.15) is 0 Å². The number of hydrogen-bond acceptors (Lipinski definition) is 2. The van der Waals surface area contributed by atoms with Crippen LogP contribution in [0, 0.1) is 5.82 Å². The smallest absolute Gasteiger partial charge is 0.318 e. The minimum absolute atomic E-state index is 0.0847. The van der Waals surface area contributed by atoms with Crippen molar-refractivity contribution in [3.8, 4) is 0 Å². The molecule has 7 heteroatoms. The van der Waals surface area contributed by atoms with Crippen molar-refractivity contribution in [3.63, 3.8) is 0 Å². The van der Waals surface area contributed by atoms with E-state index in [1.807, 2.05) is 11.5 Å². The molecule has 24 heavy (non-hydrogen) atoms. The number of halogens is 2. The number of carbonyl (C=O) groups excluding carboxylic acids is 1. The zero-order valence-corrected chi connectivity index (χ0v) is 14.3. The van der Waals surface area contributed by atoms with Crippen LogP contribution in [0.1, 0.15) is 31.2 Å². The van der Waals surface area contributed by atoms with Gasteiger partial charge in [-0.05, 0) is 31.9 Å². The molecule has 0 atom stereocenters. The summed E-state index contributed by atoms with van der Waals surface area (Å²) < 4.78 is 15.8. The van der Waals surface area contributed by atoms with Crippen molar-refractivity contribution in [3.05, 3.63) is 52.8 Å². The molecule has 0 bridgehead atoms. The zero-order chi connectivity index (χ0) is 17.1. The summed E-state index contributed by atoms with van der Waals surface area (Å²) in [7, 11) is 0. The average molecular weight is 351 g/mol. The van der Waals surface area contributed by atoms with Crippen LogP contribution >= 0.6 is 11.6 Å². The molecule has 1 N–H and O–H groups in total. The van der Waals surface area contributed by atoms with E-state index in [0.717, 1.165) is 12.8 Å². The fourth-order valence-electron chi connectivity index (χ4n) is 2.65. The third-order valence-electron chi connectivity index (χ3n) is 4.08. The van der Waals surface area contributed by atoms with Crippen molar-refractivity contribution >= 4 is 17.6 Å². The Balaban J connectivity index is 1.78. The Morgan fingerprint density at radius 3 is 2.96 bits per heavy atom. The Morgan fingerprint density at radius 2 is 2.29 bits per heavy atom. The van der Waals surface area contributed by atoms with Crippen LogP contribution in [0.4, 0.5) is 9.18 Å². The number of rotatable bonds is 6. The second-order valence-corrected chi connectivity index (χ2v) is 6.27. The van der Waals surface area contributed by atoms with E-state index in [1.54, 1.807) is 29.4 Å². The van der Waals surface area contributed by atoms with Gasteiger partial charge < -0.3 is 14.8 Å². The van der Waals surface area contributed by atoms with Crippen molar-refractivity contribution in [2.24, 2.45) is 0 Å². The maximum atomic E-state index is 14.0. The molecule has 0 radical (unpaired) electrons. The van der Waals surface area contributed by atoms with E-state index < -0.39 is 0 Å². The number of hydrogen-bond donors (Lipinski definition) is 1. The highest BCUT2D eigenvalue weighted by Gasteiger charge is 2.33. The molecule has 128 valence electrons. The van der Waals surface area contributed by atoms with Gasteiger partial charge in [-0.3, -0.25) is 0 Å². The van der Waals surface area contributed by atoms with Gasteiger partial charge in [-0.1, -0.05) is 17.7 Å². The lowest BCUT2D eigenvalue weighted by Crippen LogP contribution is -2.41. The van der Waals surface area contributed by atoms with Gasteiger partial charge in [0.2, 0.25) is 0 Å². The second kappa shape index (κ2) is 7.21. The van der Waals surface area contributed by atoms with E-state index in [2.05, 4.69) is 10.3 Å². The number of nitrogens with one attached hydrogen (secondary N) is 1. The van der Waals surface area contributed by atoms with Crippen molar-refractivity contribution in [1.82, 2.24) is 19.8 Å². The molecule has 2 amide bonds. The van der Waals surface area contributed by atoms with E-state index in [0.29, 0.717) is 29.5 Å². The lowest BCUT2D eigenvalue weighted by atomic mass is 10.2. The molecular formula is C17H20ClFN4O. The van der Waals surface area contributed by atoms with Gasteiger partial charge in [0.05, 0.1) is 13.1 Å². The lowest BCUT2D eigenvalue weighted by Gasteiger charge is -2.22. The third-order valence-corrected chi connectivity index (χ3v) is 4.43. The molecule has 2 aromatic rings. The van der Waals surface area contributed by atoms with Crippen molar-refractivity contribution in [2.45, 2.75) is 38.9 Å². The summed E-state index contributed by atoms with van der Waals surface area (Å²) in [6.07, 6.45) is 5.46. The Hall–Kier alpha value is -2.08. The molecule has 0 saturated heterocycles. The van der Waals surface area contributed by atoms with Crippen molar-refractivity contribution < 1.29 is 9.18 Å². The summed E-state index contributed by atoms with van der Waals surface area (Å²) in [6.45, 7) is 3.16. The predicted molar refractivity (Wildman–Crippen MR) is 90.4 cm³/mol. The molecule has 0 aliphatic heterocycles. The first-order valence-electron chi connectivity index (χ1n) is 8.07. The quantitative estimate of drug-likeness (QED) is 0.867. The van der Waals surface area contributed by atoms with Gasteiger partial charge in [-0.25, -0.2) is 14.2 Å². The van der Waals surface area contributed by atoms with Gasteiger partial charge in [0, 0.05) is 35.6 Å². The molecule has 5 nitrogen and oxygen atoms in total. The van der Waals surface area contributed by atoms with Gasteiger partial charge in [0.15, 0.2) is 0 Å². The predicted octanol–water partition coefficient (Wildman–Crippen LogP) is 3.42. The Labute approximate surface area is 145 Å². The van der Waals surface area contributed by atoms with Crippen LogP contribution in [0.25, 0.3) is 0 Å². The normalized spacial score (nSPS) is 13.8. The van der Waals surface area contributed by atoms with E-state index >= 15 is 0 Å². The first-order chi connectivity index (χ1) is 11.6. The molecule has 1 aromatic heterocycles. The van der Waals surface area contributed by atoms with Gasteiger partial charge in [0.25, 0.3) is 0 Å². The topological polar surface area (TPSA) is 50.2 Å². The number of imidazole rings is 1. The largest absolute Gasteiger partial charge is 0.338 e. The molecule has 1 saturated carbocycles. The first-order valence-corrected chi connectivity index (χ1v) is 8.45. The van der Waals surface area contributed by atoms with Crippen LogP contribution in [0.15, 0.2) is 30.6 Å². The molecular weight excluding hydrogens is 331 g/mol. The van der Waals surface area contributed by atoms with E-state index in [4.69, 9.17) is 11.6 Å².